The lowest BCUT2D eigenvalue weighted by Crippen LogP contribution is -1.89. The highest BCUT2D eigenvalue weighted by atomic mass is 35.5. The van der Waals surface area contributed by atoms with Gasteiger partial charge >= 0.3 is 0 Å². The third kappa shape index (κ3) is 2.68. The molecular formula is C12H9ClFNS. The summed E-state index contributed by atoms with van der Waals surface area (Å²) in [5, 5.41) is 0.672. The molecule has 16 heavy (non-hydrogen) atoms. The second kappa shape index (κ2) is 4.76. The molecule has 0 radical (unpaired) electrons. The predicted molar refractivity (Wildman–Crippen MR) is 66.4 cm³/mol. The fourth-order valence-electron chi connectivity index (χ4n) is 1.27. The van der Waals surface area contributed by atoms with Gasteiger partial charge in [-0.05, 0) is 36.4 Å². The molecule has 4 heteroatoms. The van der Waals surface area contributed by atoms with Crippen LogP contribution in [0.2, 0.25) is 5.02 Å². The molecule has 0 saturated heterocycles. The topological polar surface area (TPSA) is 26.0 Å². The first-order chi connectivity index (χ1) is 7.65. The molecule has 0 spiro atoms. The van der Waals surface area contributed by atoms with E-state index in [2.05, 4.69) is 0 Å². The van der Waals surface area contributed by atoms with Crippen LogP contribution in [0.25, 0.3) is 0 Å². The third-order valence-corrected chi connectivity index (χ3v) is 3.31. The van der Waals surface area contributed by atoms with E-state index >= 15 is 0 Å². The molecule has 82 valence electrons. The Hall–Kier alpha value is -1.19. The van der Waals surface area contributed by atoms with Crippen LogP contribution in [0.1, 0.15) is 0 Å². The van der Waals surface area contributed by atoms with Crippen molar-refractivity contribution in [3.63, 3.8) is 0 Å². The number of hydrogen-bond donors (Lipinski definition) is 1. The van der Waals surface area contributed by atoms with E-state index in [1.807, 2.05) is 18.2 Å². The van der Waals surface area contributed by atoms with Crippen LogP contribution in [-0.4, -0.2) is 0 Å². The number of nitrogen functional groups attached to an aromatic ring is 1. The van der Waals surface area contributed by atoms with E-state index in [1.165, 1.54) is 23.9 Å². The van der Waals surface area contributed by atoms with E-state index < -0.39 is 0 Å². The summed E-state index contributed by atoms with van der Waals surface area (Å²) < 4.78 is 12.8. The van der Waals surface area contributed by atoms with Gasteiger partial charge in [0.05, 0.1) is 0 Å². The molecule has 2 rings (SSSR count). The molecule has 0 unspecified atom stereocenters. The zero-order valence-electron chi connectivity index (χ0n) is 8.28. The number of hydrogen-bond acceptors (Lipinski definition) is 2. The van der Waals surface area contributed by atoms with Crippen LogP contribution >= 0.6 is 23.4 Å². The van der Waals surface area contributed by atoms with Crippen molar-refractivity contribution in [2.75, 3.05) is 5.73 Å². The Labute approximate surface area is 102 Å². The van der Waals surface area contributed by atoms with Crippen LogP contribution in [0.15, 0.2) is 52.3 Å². The second-order valence-electron chi connectivity index (χ2n) is 3.24. The van der Waals surface area contributed by atoms with Crippen LogP contribution in [0.4, 0.5) is 10.1 Å². The zero-order chi connectivity index (χ0) is 11.5. The zero-order valence-corrected chi connectivity index (χ0v) is 9.86. The van der Waals surface area contributed by atoms with E-state index in [1.54, 1.807) is 12.1 Å². The smallest absolute Gasteiger partial charge is 0.125 e. The van der Waals surface area contributed by atoms with E-state index in [9.17, 15) is 4.39 Å². The first kappa shape index (κ1) is 11.3. The molecule has 0 aliphatic carbocycles. The maximum atomic E-state index is 12.8. The Kier molecular flexibility index (Phi) is 3.36. The lowest BCUT2D eigenvalue weighted by molar-refractivity contribution is 0.627. The van der Waals surface area contributed by atoms with Gasteiger partial charge in [0.2, 0.25) is 0 Å². The largest absolute Gasteiger partial charge is 0.398 e. The Morgan fingerprint density at radius 2 is 1.94 bits per heavy atom. The molecule has 0 atom stereocenters. The monoisotopic (exact) mass is 253 g/mol. The van der Waals surface area contributed by atoms with Crippen LogP contribution in [0.3, 0.4) is 0 Å². The molecule has 1 nitrogen and oxygen atoms in total. The summed E-state index contributed by atoms with van der Waals surface area (Å²) in [6.07, 6.45) is 0. The molecule has 0 aliphatic heterocycles. The van der Waals surface area contributed by atoms with Gasteiger partial charge in [-0.15, -0.1) is 0 Å². The SMILES string of the molecule is Nc1cc(F)ccc1Sc1cccc(Cl)c1. The van der Waals surface area contributed by atoms with Gasteiger partial charge in [0, 0.05) is 20.5 Å². The van der Waals surface area contributed by atoms with E-state index in [0.29, 0.717) is 10.7 Å². The summed E-state index contributed by atoms with van der Waals surface area (Å²) in [6.45, 7) is 0. The van der Waals surface area contributed by atoms with Gasteiger partial charge in [-0.3, -0.25) is 0 Å². The first-order valence-corrected chi connectivity index (χ1v) is 5.83. The first-order valence-electron chi connectivity index (χ1n) is 4.63. The Bertz CT molecular complexity index is 516. The fraction of sp³-hybridized carbons (Fsp3) is 0. The summed E-state index contributed by atoms with van der Waals surface area (Å²) in [6, 6.07) is 11.8. The van der Waals surface area contributed by atoms with Crippen molar-refractivity contribution in [2.24, 2.45) is 0 Å². The summed E-state index contributed by atoms with van der Waals surface area (Å²) in [4.78, 5) is 1.80. The highest BCUT2D eigenvalue weighted by Crippen LogP contribution is 2.33. The minimum atomic E-state index is -0.326. The quantitative estimate of drug-likeness (QED) is 0.812. The molecule has 0 bridgehead atoms. The maximum absolute atomic E-state index is 12.8. The Balaban J connectivity index is 2.27. The molecule has 0 fully saturated rings. The minimum Gasteiger partial charge on any atom is -0.398 e. The standard InChI is InChI=1S/C12H9ClFNS/c13-8-2-1-3-10(6-8)16-12-5-4-9(14)7-11(12)15/h1-7H,15H2. The van der Waals surface area contributed by atoms with Crippen molar-refractivity contribution in [3.05, 3.63) is 53.3 Å². The van der Waals surface area contributed by atoms with Gasteiger partial charge < -0.3 is 5.73 Å². The van der Waals surface area contributed by atoms with E-state index in [-0.39, 0.29) is 5.82 Å². The molecule has 2 aromatic carbocycles. The molecule has 0 aromatic heterocycles. The summed E-state index contributed by atoms with van der Waals surface area (Å²) >= 11 is 7.33. The Morgan fingerprint density at radius 1 is 1.12 bits per heavy atom. The van der Waals surface area contributed by atoms with E-state index in [0.717, 1.165) is 9.79 Å². The molecule has 2 N–H and O–H groups in total. The van der Waals surface area contributed by atoms with Crippen molar-refractivity contribution in [1.29, 1.82) is 0 Å². The predicted octanol–water partition coefficient (Wildman–Crippen LogP) is 4.21. The molecule has 0 amide bonds. The van der Waals surface area contributed by atoms with Crippen LogP contribution < -0.4 is 5.73 Å². The van der Waals surface area contributed by atoms with Gasteiger partial charge in [-0.25, -0.2) is 4.39 Å². The molecular weight excluding hydrogens is 245 g/mol. The number of nitrogens with two attached hydrogens (primary N) is 1. The number of halogens is 2. The Morgan fingerprint density at radius 3 is 2.62 bits per heavy atom. The number of benzene rings is 2. The normalized spacial score (nSPS) is 10.4. The van der Waals surface area contributed by atoms with Gasteiger partial charge in [0.25, 0.3) is 0 Å². The average molecular weight is 254 g/mol. The van der Waals surface area contributed by atoms with Crippen LogP contribution in [0.5, 0.6) is 0 Å². The highest BCUT2D eigenvalue weighted by Gasteiger charge is 2.03. The lowest BCUT2D eigenvalue weighted by Gasteiger charge is -2.05. The maximum Gasteiger partial charge on any atom is 0.125 e. The summed E-state index contributed by atoms with van der Waals surface area (Å²) in [5.41, 5.74) is 6.15. The molecule has 0 saturated carbocycles. The van der Waals surface area contributed by atoms with Crippen molar-refractivity contribution in [1.82, 2.24) is 0 Å². The van der Waals surface area contributed by atoms with Gasteiger partial charge in [0.1, 0.15) is 5.82 Å². The minimum absolute atomic E-state index is 0.326. The van der Waals surface area contributed by atoms with Crippen molar-refractivity contribution < 1.29 is 4.39 Å². The van der Waals surface area contributed by atoms with Gasteiger partial charge in [0.15, 0.2) is 0 Å². The van der Waals surface area contributed by atoms with Crippen molar-refractivity contribution >= 4 is 29.1 Å². The lowest BCUT2D eigenvalue weighted by atomic mass is 10.3. The molecule has 2 aromatic rings. The summed E-state index contributed by atoms with van der Waals surface area (Å²) in [7, 11) is 0. The van der Waals surface area contributed by atoms with Crippen LogP contribution in [0, 0.1) is 5.82 Å². The van der Waals surface area contributed by atoms with Gasteiger partial charge in [-0.1, -0.05) is 29.4 Å². The van der Waals surface area contributed by atoms with Crippen LogP contribution in [-0.2, 0) is 0 Å². The number of anilines is 1. The fourth-order valence-corrected chi connectivity index (χ4v) is 2.42. The molecule has 0 aliphatic rings. The van der Waals surface area contributed by atoms with Crippen molar-refractivity contribution in [3.8, 4) is 0 Å². The molecule has 0 heterocycles. The number of rotatable bonds is 2. The van der Waals surface area contributed by atoms with Gasteiger partial charge in [-0.2, -0.15) is 0 Å². The second-order valence-corrected chi connectivity index (χ2v) is 4.79. The van der Waals surface area contributed by atoms with E-state index in [4.69, 9.17) is 17.3 Å². The third-order valence-electron chi connectivity index (χ3n) is 2.00. The summed E-state index contributed by atoms with van der Waals surface area (Å²) in [5.74, 6) is -0.326. The highest BCUT2D eigenvalue weighted by molar-refractivity contribution is 7.99. The van der Waals surface area contributed by atoms with Crippen molar-refractivity contribution in [2.45, 2.75) is 9.79 Å². The average Bonchev–Trinajstić information content (AvgIpc) is 2.22.